The molecule has 0 spiro atoms. The number of carbonyl (C=O) groups is 3. The van der Waals surface area contributed by atoms with Crippen LogP contribution in [-0.4, -0.2) is 37.2 Å². The minimum absolute atomic E-state index is 0.0783. The lowest BCUT2D eigenvalue weighted by Gasteiger charge is -2.18. The van der Waals surface area contributed by atoms with Gasteiger partial charge in [-0.1, -0.05) is 236 Å². The Labute approximate surface area is 402 Å². The van der Waals surface area contributed by atoms with Gasteiger partial charge in [0.25, 0.3) is 0 Å². The summed E-state index contributed by atoms with van der Waals surface area (Å²) in [7, 11) is 0. The highest BCUT2D eigenvalue weighted by Crippen LogP contribution is 2.15. The first-order chi connectivity index (χ1) is 32.0. The summed E-state index contributed by atoms with van der Waals surface area (Å²) in [5, 5.41) is 0. The fourth-order valence-electron chi connectivity index (χ4n) is 7.84. The molecule has 0 N–H and O–H groups in total. The molecular formula is C59H104O6. The molecule has 1 atom stereocenters. The van der Waals surface area contributed by atoms with Crippen LogP contribution in [0.2, 0.25) is 0 Å². The molecule has 0 aromatic carbocycles. The summed E-state index contributed by atoms with van der Waals surface area (Å²) >= 11 is 0. The highest BCUT2D eigenvalue weighted by molar-refractivity contribution is 5.71. The zero-order chi connectivity index (χ0) is 47.2. The van der Waals surface area contributed by atoms with Crippen molar-refractivity contribution in [3.05, 3.63) is 60.8 Å². The van der Waals surface area contributed by atoms with Crippen molar-refractivity contribution in [1.29, 1.82) is 0 Å². The molecule has 65 heavy (non-hydrogen) atoms. The Bertz CT molecular complexity index is 1180. The van der Waals surface area contributed by atoms with Crippen LogP contribution in [0, 0.1) is 0 Å². The van der Waals surface area contributed by atoms with Crippen LogP contribution in [0.4, 0.5) is 0 Å². The first kappa shape index (κ1) is 62.1. The number of hydrogen-bond acceptors (Lipinski definition) is 6. The minimum atomic E-state index is -0.780. The molecule has 0 fully saturated rings. The molecule has 0 aliphatic heterocycles. The van der Waals surface area contributed by atoms with E-state index in [-0.39, 0.29) is 31.1 Å². The molecule has 0 saturated heterocycles. The van der Waals surface area contributed by atoms with Gasteiger partial charge in [0.15, 0.2) is 6.10 Å². The van der Waals surface area contributed by atoms with Crippen molar-refractivity contribution in [3.63, 3.8) is 0 Å². The van der Waals surface area contributed by atoms with Crippen LogP contribution in [0.5, 0.6) is 0 Å². The van der Waals surface area contributed by atoms with Crippen LogP contribution < -0.4 is 0 Å². The van der Waals surface area contributed by atoms with Crippen LogP contribution in [0.15, 0.2) is 60.8 Å². The molecule has 6 nitrogen and oxygen atoms in total. The summed E-state index contributed by atoms with van der Waals surface area (Å²) in [4.78, 5) is 38.1. The van der Waals surface area contributed by atoms with Crippen LogP contribution in [0.3, 0.4) is 0 Å². The second-order valence-electron chi connectivity index (χ2n) is 18.5. The molecular weight excluding hydrogens is 805 g/mol. The average Bonchev–Trinajstić information content (AvgIpc) is 3.30. The van der Waals surface area contributed by atoms with Gasteiger partial charge in [-0.15, -0.1) is 0 Å². The lowest BCUT2D eigenvalue weighted by Crippen LogP contribution is -2.30. The predicted molar refractivity (Wildman–Crippen MR) is 279 cm³/mol. The summed E-state index contributed by atoms with van der Waals surface area (Å²) in [5.41, 5.74) is 0. The third kappa shape index (κ3) is 51.9. The molecule has 0 amide bonds. The third-order valence-electron chi connectivity index (χ3n) is 12.0. The van der Waals surface area contributed by atoms with E-state index in [0.29, 0.717) is 19.3 Å². The maximum absolute atomic E-state index is 12.8. The molecule has 0 aromatic rings. The van der Waals surface area contributed by atoms with Gasteiger partial charge in [0.1, 0.15) is 13.2 Å². The molecule has 0 rings (SSSR count). The summed E-state index contributed by atoms with van der Waals surface area (Å²) in [5.74, 6) is -0.889. The molecule has 0 aromatic heterocycles. The van der Waals surface area contributed by atoms with Crippen LogP contribution >= 0.6 is 0 Å². The highest BCUT2D eigenvalue weighted by Gasteiger charge is 2.19. The van der Waals surface area contributed by atoms with Gasteiger partial charge in [0.05, 0.1) is 0 Å². The Balaban J connectivity index is 4.36. The Morgan fingerprint density at radius 1 is 0.323 bits per heavy atom. The maximum atomic E-state index is 12.8. The van der Waals surface area contributed by atoms with Crippen molar-refractivity contribution < 1.29 is 28.6 Å². The van der Waals surface area contributed by atoms with E-state index in [0.717, 1.165) is 89.9 Å². The van der Waals surface area contributed by atoms with Crippen molar-refractivity contribution in [1.82, 2.24) is 0 Å². The average molecular weight is 909 g/mol. The number of unbranched alkanes of at least 4 members (excludes halogenated alkanes) is 29. The van der Waals surface area contributed by atoms with Crippen LogP contribution in [-0.2, 0) is 28.6 Å². The van der Waals surface area contributed by atoms with E-state index in [1.807, 2.05) is 0 Å². The van der Waals surface area contributed by atoms with E-state index in [1.165, 1.54) is 148 Å². The van der Waals surface area contributed by atoms with E-state index in [1.54, 1.807) is 0 Å². The molecule has 0 aliphatic carbocycles. The van der Waals surface area contributed by atoms with Crippen LogP contribution in [0.1, 0.15) is 278 Å². The Kier molecular flexibility index (Phi) is 51.3. The number of ether oxygens (including phenoxy) is 3. The zero-order valence-electron chi connectivity index (χ0n) is 43.0. The fraction of sp³-hybridized carbons (Fsp3) is 0.780. The quantitative estimate of drug-likeness (QED) is 0.0262. The third-order valence-corrected chi connectivity index (χ3v) is 12.0. The largest absolute Gasteiger partial charge is 0.462 e. The Morgan fingerprint density at radius 2 is 0.600 bits per heavy atom. The normalized spacial score (nSPS) is 12.5. The summed E-state index contributed by atoms with van der Waals surface area (Å²) in [6.45, 7) is 6.52. The zero-order valence-corrected chi connectivity index (χ0v) is 43.0. The summed E-state index contributed by atoms with van der Waals surface area (Å²) in [6, 6.07) is 0. The summed E-state index contributed by atoms with van der Waals surface area (Å²) < 4.78 is 16.8. The Morgan fingerprint density at radius 3 is 0.954 bits per heavy atom. The lowest BCUT2D eigenvalue weighted by atomic mass is 10.1. The second-order valence-corrected chi connectivity index (χ2v) is 18.5. The van der Waals surface area contributed by atoms with Gasteiger partial charge in [-0.05, 0) is 83.5 Å². The van der Waals surface area contributed by atoms with E-state index >= 15 is 0 Å². The maximum Gasteiger partial charge on any atom is 0.306 e. The second kappa shape index (κ2) is 53.7. The fourth-order valence-corrected chi connectivity index (χ4v) is 7.84. The van der Waals surface area contributed by atoms with Crippen molar-refractivity contribution >= 4 is 17.9 Å². The molecule has 0 saturated carbocycles. The number of esters is 3. The molecule has 1 unspecified atom stereocenters. The van der Waals surface area contributed by atoms with E-state index < -0.39 is 6.10 Å². The number of carbonyl (C=O) groups excluding carboxylic acids is 3. The van der Waals surface area contributed by atoms with Crippen molar-refractivity contribution in [3.8, 4) is 0 Å². The number of hydrogen-bond donors (Lipinski definition) is 0. The topological polar surface area (TPSA) is 78.9 Å². The van der Waals surface area contributed by atoms with Gasteiger partial charge >= 0.3 is 17.9 Å². The van der Waals surface area contributed by atoms with Crippen LogP contribution in [0.25, 0.3) is 0 Å². The highest BCUT2D eigenvalue weighted by atomic mass is 16.6. The smallest absolute Gasteiger partial charge is 0.306 e. The van der Waals surface area contributed by atoms with Gasteiger partial charge in [-0.2, -0.15) is 0 Å². The predicted octanol–water partition coefficient (Wildman–Crippen LogP) is 18.4. The first-order valence-corrected chi connectivity index (χ1v) is 27.8. The standard InChI is InChI=1S/C59H104O6/c1-4-7-10-13-16-19-22-24-26-28-29-31-32-34-37-40-43-46-49-52-58(61)64-55-56(54-63-57(60)51-48-45-42-39-36-21-18-15-12-9-6-3)65-59(62)53-50-47-44-41-38-35-33-30-27-25-23-20-17-14-11-8-5-2/h7,10,16,19,24-27,29,31,56H,4-6,8-9,11-15,17-18,20-23,28,30,32-55H2,1-3H3/b10-7-,19-16-,26-24-,27-25-,31-29-. The van der Waals surface area contributed by atoms with E-state index in [4.69, 9.17) is 14.2 Å². The SMILES string of the molecule is CC/C=C\C/C=C\C/C=C\C/C=C\CCCCCCCCC(=O)OCC(COC(=O)CCCCCCCCCCCCC)OC(=O)CCCCCCCCC/C=C\CCCCCCCC. The van der Waals surface area contributed by atoms with Gasteiger partial charge in [-0.3, -0.25) is 14.4 Å². The first-order valence-electron chi connectivity index (χ1n) is 27.8. The molecule has 376 valence electrons. The van der Waals surface area contributed by atoms with Gasteiger partial charge in [0.2, 0.25) is 0 Å². The van der Waals surface area contributed by atoms with Crippen molar-refractivity contribution in [2.75, 3.05) is 13.2 Å². The molecule has 0 heterocycles. The summed E-state index contributed by atoms with van der Waals surface area (Å²) in [6.07, 6.45) is 66.3. The van der Waals surface area contributed by atoms with Crippen molar-refractivity contribution in [2.45, 2.75) is 284 Å². The number of allylic oxidation sites excluding steroid dienone is 10. The van der Waals surface area contributed by atoms with Gasteiger partial charge < -0.3 is 14.2 Å². The molecule has 0 bridgehead atoms. The molecule has 6 heteroatoms. The minimum Gasteiger partial charge on any atom is -0.462 e. The monoisotopic (exact) mass is 909 g/mol. The Hall–Kier alpha value is -2.89. The van der Waals surface area contributed by atoms with E-state index in [2.05, 4.69) is 81.5 Å². The molecule has 0 aliphatic rings. The van der Waals surface area contributed by atoms with Gasteiger partial charge in [0, 0.05) is 19.3 Å². The molecule has 0 radical (unpaired) electrons. The lowest BCUT2D eigenvalue weighted by molar-refractivity contribution is -0.167. The van der Waals surface area contributed by atoms with E-state index in [9.17, 15) is 14.4 Å². The number of rotatable bonds is 50. The van der Waals surface area contributed by atoms with Gasteiger partial charge in [-0.25, -0.2) is 0 Å². The van der Waals surface area contributed by atoms with Crippen molar-refractivity contribution in [2.24, 2.45) is 0 Å².